The second kappa shape index (κ2) is 8.73. The van der Waals surface area contributed by atoms with Crippen LogP contribution in [0.2, 0.25) is 0 Å². The van der Waals surface area contributed by atoms with Gasteiger partial charge in [0, 0.05) is 6.20 Å². The first-order valence-electron chi connectivity index (χ1n) is 7.66. The molecular weight excluding hydrogens is 290 g/mol. The van der Waals surface area contributed by atoms with Crippen molar-refractivity contribution in [3.8, 4) is 5.75 Å². The fourth-order valence-corrected chi connectivity index (χ4v) is 2.20. The molecule has 0 aliphatic carbocycles. The van der Waals surface area contributed by atoms with Crippen LogP contribution < -0.4 is 4.74 Å². The molecule has 0 aliphatic heterocycles. The van der Waals surface area contributed by atoms with Crippen molar-refractivity contribution in [2.24, 2.45) is 0 Å². The minimum atomic E-state index is -0.332. The van der Waals surface area contributed by atoms with Gasteiger partial charge in [-0.05, 0) is 49.6 Å². The first-order chi connectivity index (χ1) is 11.2. The first-order valence-corrected chi connectivity index (χ1v) is 7.66. The Morgan fingerprint density at radius 3 is 2.57 bits per heavy atom. The summed E-state index contributed by atoms with van der Waals surface area (Å²) in [6.07, 6.45) is 5.13. The van der Waals surface area contributed by atoms with Crippen molar-refractivity contribution in [3.05, 3.63) is 66.0 Å². The number of aromatic nitrogens is 1. The molecule has 0 unspecified atom stereocenters. The van der Waals surface area contributed by atoms with Crippen LogP contribution in [0.15, 0.2) is 54.7 Å². The number of benzene rings is 1. The van der Waals surface area contributed by atoms with Crippen LogP contribution in [0.4, 0.5) is 0 Å². The number of ether oxygens (including phenoxy) is 2. The molecule has 1 aromatic carbocycles. The molecular formula is C19H21NO3. The van der Waals surface area contributed by atoms with Gasteiger partial charge in [-0.3, -0.25) is 4.98 Å². The third-order valence-electron chi connectivity index (χ3n) is 3.38. The van der Waals surface area contributed by atoms with Gasteiger partial charge in [0.15, 0.2) is 0 Å². The predicted molar refractivity (Wildman–Crippen MR) is 90.2 cm³/mol. The Balaban J connectivity index is 2.08. The Morgan fingerprint density at radius 2 is 1.96 bits per heavy atom. The van der Waals surface area contributed by atoms with E-state index in [-0.39, 0.29) is 5.97 Å². The number of aryl methyl sites for hydroxylation is 1. The lowest BCUT2D eigenvalue weighted by atomic mass is 10.1. The molecule has 0 amide bonds. The Kier molecular flexibility index (Phi) is 6.36. The minimum absolute atomic E-state index is 0.332. The molecule has 0 N–H and O–H groups in total. The summed E-state index contributed by atoms with van der Waals surface area (Å²) in [6, 6.07) is 13.4. The number of esters is 1. The summed E-state index contributed by atoms with van der Waals surface area (Å²) in [5, 5.41) is 0. The van der Waals surface area contributed by atoms with E-state index >= 15 is 0 Å². The van der Waals surface area contributed by atoms with Crippen LogP contribution in [0.25, 0.3) is 5.57 Å². The van der Waals surface area contributed by atoms with Gasteiger partial charge in [-0.15, -0.1) is 0 Å². The Hall–Kier alpha value is -2.62. The maximum Gasteiger partial charge on any atom is 0.339 e. The van der Waals surface area contributed by atoms with Crippen molar-refractivity contribution in [1.29, 1.82) is 0 Å². The number of methoxy groups -OCH3 is 1. The topological polar surface area (TPSA) is 48.4 Å². The molecule has 0 saturated carbocycles. The van der Waals surface area contributed by atoms with E-state index < -0.39 is 0 Å². The van der Waals surface area contributed by atoms with Crippen molar-refractivity contribution in [2.75, 3.05) is 13.7 Å². The van der Waals surface area contributed by atoms with Gasteiger partial charge in [-0.2, -0.15) is 0 Å². The van der Waals surface area contributed by atoms with Gasteiger partial charge in [0.2, 0.25) is 0 Å². The van der Waals surface area contributed by atoms with Crippen LogP contribution in [-0.2, 0) is 16.0 Å². The number of hydrogen-bond acceptors (Lipinski definition) is 4. The molecule has 4 nitrogen and oxygen atoms in total. The molecule has 1 heterocycles. The number of pyridine rings is 1. The van der Waals surface area contributed by atoms with Gasteiger partial charge in [-0.25, -0.2) is 4.79 Å². The first kappa shape index (κ1) is 16.7. The SMILES string of the molecule is CCOC(=O)/C(=C/CCc1ccc(OC)cc1)c1ccccn1. The number of hydrogen-bond donors (Lipinski definition) is 0. The summed E-state index contributed by atoms with van der Waals surface area (Å²) in [5.74, 6) is 0.505. The van der Waals surface area contributed by atoms with Gasteiger partial charge in [0.1, 0.15) is 5.75 Å². The lowest BCUT2D eigenvalue weighted by molar-refractivity contribution is -0.136. The standard InChI is InChI=1S/C19H21NO3/c1-3-23-19(21)17(18-9-4-5-14-20-18)8-6-7-15-10-12-16(22-2)13-11-15/h4-5,8-14H,3,6-7H2,1-2H3/b17-8+. The van der Waals surface area contributed by atoms with Crippen LogP contribution in [0.1, 0.15) is 24.6 Å². The minimum Gasteiger partial charge on any atom is -0.497 e. The van der Waals surface area contributed by atoms with Gasteiger partial charge >= 0.3 is 5.97 Å². The van der Waals surface area contributed by atoms with Crippen LogP contribution in [0.5, 0.6) is 5.75 Å². The molecule has 4 heteroatoms. The molecule has 0 atom stereocenters. The largest absolute Gasteiger partial charge is 0.497 e. The summed E-state index contributed by atoms with van der Waals surface area (Å²) >= 11 is 0. The summed E-state index contributed by atoms with van der Waals surface area (Å²) < 4.78 is 10.3. The van der Waals surface area contributed by atoms with Crippen molar-refractivity contribution in [1.82, 2.24) is 4.98 Å². The Bertz CT molecular complexity index is 648. The second-order valence-electron chi connectivity index (χ2n) is 4.94. The van der Waals surface area contributed by atoms with E-state index in [1.54, 1.807) is 20.2 Å². The summed E-state index contributed by atoms with van der Waals surface area (Å²) in [4.78, 5) is 16.4. The van der Waals surface area contributed by atoms with Crippen LogP contribution in [0, 0.1) is 0 Å². The summed E-state index contributed by atoms with van der Waals surface area (Å²) in [6.45, 7) is 2.15. The van der Waals surface area contributed by atoms with E-state index in [0.29, 0.717) is 17.9 Å². The smallest absolute Gasteiger partial charge is 0.339 e. The third-order valence-corrected chi connectivity index (χ3v) is 3.38. The molecule has 120 valence electrons. The normalized spacial score (nSPS) is 11.1. The Morgan fingerprint density at radius 1 is 1.17 bits per heavy atom. The second-order valence-corrected chi connectivity index (χ2v) is 4.94. The van der Waals surface area contributed by atoms with E-state index in [9.17, 15) is 4.79 Å². The van der Waals surface area contributed by atoms with Gasteiger partial charge in [0.25, 0.3) is 0 Å². The third kappa shape index (κ3) is 4.95. The van der Waals surface area contributed by atoms with E-state index in [1.807, 2.05) is 48.5 Å². The van der Waals surface area contributed by atoms with Crippen molar-refractivity contribution in [2.45, 2.75) is 19.8 Å². The zero-order valence-corrected chi connectivity index (χ0v) is 13.5. The number of nitrogens with zero attached hydrogens (tertiary/aromatic N) is 1. The van der Waals surface area contributed by atoms with Crippen LogP contribution >= 0.6 is 0 Å². The van der Waals surface area contributed by atoms with E-state index in [1.165, 1.54) is 5.56 Å². The molecule has 0 fully saturated rings. The summed E-state index contributed by atoms with van der Waals surface area (Å²) in [7, 11) is 1.65. The van der Waals surface area contributed by atoms with Gasteiger partial charge in [-0.1, -0.05) is 24.3 Å². The average molecular weight is 311 g/mol. The number of rotatable bonds is 7. The molecule has 1 aromatic heterocycles. The highest BCUT2D eigenvalue weighted by molar-refractivity contribution is 6.15. The maximum absolute atomic E-state index is 12.1. The van der Waals surface area contributed by atoms with Crippen LogP contribution in [-0.4, -0.2) is 24.7 Å². The highest BCUT2D eigenvalue weighted by atomic mass is 16.5. The fourth-order valence-electron chi connectivity index (χ4n) is 2.20. The van der Waals surface area contributed by atoms with Crippen LogP contribution in [0.3, 0.4) is 0 Å². The molecule has 23 heavy (non-hydrogen) atoms. The molecule has 0 bridgehead atoms. The molecule has 0 spiro atoms. The monoisotopic (exact) mass is 311 g/mol. The van der Waals surface area contributed by atoms with Crippen molar-refractivity contribution in [3.63, 3.8) is 0 Å². The lowest BCUT2D eigenvalue weighted by Crippen LogP contribution is -2.08. The van der Waals surface area contributed by atoms with Crippen molar-refractivity contribution < 1.29 is 14.3 Å². The highest BCUT2D eigenvalue weighted by Gasteiger charge is 2.13. The Labute approximate surface area is 136 Å². The number of allylic oxidation sites excluding steroid dienone is 1. The zero-order chi connectivity index (χ0) is 16.5. The molecule has 2 rings (SSSR count). The van der Waals surface area contributed by atoms with E-state index in [0.717, 1.165) is 18.6 Å². The van der Waals surface area contributed by atoms with Gasteiger partial charge < -0.3 is 9.47 Å². The van der Waals surface area contributed by atoms with Crippen molar-refractivity contribution >= 4 is 11.5 Å². The van der Waals surface area contributed by atoms with Gasteiger partial charge in [0.05, 0.1) is 25.0 Å². The fraction of sp³-hybridized carbons (Fsp3) is 0.263. The van der Waals surface area contributed by atoms with E-state index in [2.05, 4.69) is 4.98 Å². The number of carbonyl (C=O) groups is 1. The lowest BCUT2D eigenvalue weighted by Gasteiger charge is -2.07. The predicted octanol–water partition coefficient (Wildman–Crippen LogP) is 3.67. The van der Waals surface area contributed by atoms with E-state index in [4.69, 9.17) is 9.47 Å². The molecule has 0 saturated heterocycles. The average Bonchev–Trinajstić information content (AvgIpc) is 2.60. The quantitative estimate of drug-likeness (QED) is 0.578. The maximum atomic E-state index is 12.1. The molecule has 0 aliphatic rings. The molecule has 0 radical (unpaired) electrons. The zero-order valence-electron chi connectivity index (χ0n) is 13.5. The summed E-state index contributed by atoms with van der Waals surface area (Å²) in [5.41, 5.74) is 2.34. The molecule has 2 aromatic rings. The number of carbonyl (C=O) groups excluding carboxylic acids is 1. The highest BCUT2D eigenvalue weighted by Crippen LogP contribution is 2.17.